The Balaban J connectivity index is 1.80. The monoisotopic (exact) mass is 338 g/mol. The minimum absolute atomic E-state index is 0.154. The quantitative estimate of drug-likeness (QED) is 0.698. The molecule has 4 nitrogen and oxygen atoms in total. The fourth-order valence-electron chi connectivity index (χ4n) is 2.59. The number of anilines is 1. The molecule has 3 rings (SSSR count). The highest BCUT2D eigenvalue weighted by Crippen LogP contribution is 2.22. The van der Waals surface area contributed by atoms with Crippen LogP contribution in [-0.4, -0.2) is 5.91 Å². The second-order valence-electron chi connectivity index (χ2n) is 5.74. The minimum atomic E-state index is -0.577. The van der Waals surface area contributed by atoms with Crippen LogP contribution >= 0.6 is 0 Å². The van der Waals surface area contributed by atoms with Crippen LogP contribution in [0.25, 0.3) is 0 Å². The van der Waals surface area contributed by atoms with E-state index in [9.17, 15) is 9.18 Å². The molecule has 0 spiro atoms. The number of amides is 1. The Kier molecular flexibility index (Phi) is 5.26. The van der Waals surface area contributed by atoms with E-state index in [0.717, 1.165) is 11.3 Å². The van der Waals surface area contributed by atoms with E-state index in [-0.39, 0.29) is 17.8 Å². The zero-order chi connectivity index (χ0) is 17.6. The van der Waals surface area contributed by atoms with Crippen LogP contribution in [0.2, 0.25) is 0 Å². The highest BCUT2D eigenvalue weighted by atomic mass is 19.1. The van der Waals surface area contributed by atoms with Crippen LogP contribution in [0.5, 0.6) is 0 Å². The van der Waals surface area contributed by atoms with Crippen molar-refractivity contribution in [3.8, 4) is 0 Å². The summed E-state index contributed by atoms with van der Waals surface area (Å²) in [6, 6.07) is 18.1. The van der Waals surface area contributed by atoms with E-state index in [4.69, 9.17) is 4.42 Å². The minimum Gasteiger partial charge on any atom is -0.468 e. The summed E-state index contributed by atoms with van der Waals surface area (Å²) in [7, 11) is 0. The molecule has 0 saturated carbocycles. The molecule has 2 atom stereocenters. The van der Waals surface area contributed by atoms with Gasteiger partial charge in [0, 0.05) is 5.69 Å². The van der Waals surface area contributed by atoms with E-state index in [1.54, 1.807) is 6.26 Å². The maximum atomic E-state index is 13.0. The molecular formula is C20H19FN2O2. The molecule has 1 heterocycles. The number of furan rings is 1. The molecule has 1 amide bonds. The Hall–Kier alpha value is -2.92. The first kappa shape index (κ1) is 16.9. The van der Waals surface area contributed by atoms with Crippen LogP contribution in [0.3, 0.4) is 0 Å². The number of hydrogen-bond donors (Lipinski definition) is 2. The third kappa shape index (κ3) is 4.33. The van der Waals surface area contributed by atoms with Crippen LogP contribution < -0.4 is 10.6 Å². The maximum absolute atomic E-state index is 13.0. The van der Waals surface area contributed by atoms with Crippen molar-refractivity contribution in [1.82, 2.24) is 5.32 Å². The molecule has 0 aliphatic carbocycles. The fraction of sp³-hybridized carbons (Fsp3) is 0.150. The summed E-state index contributed by atoms with van der Waals surface area (Å²) in [6.07, 6.45) is 1.60. The van der Waals surface area contributed by atoms with Gasteiger partial charge < -0.3 is 9.73 Å². The fourth-order valence-corrected chi connectivity index (χ4v) is 2.59. The summed E-state index contributed by atoms with van der Waals surface area (Å²) in [4.78, 5) is 12.8. The highest BCUT2D eigenvalue weighted by Gasteiger charge is 2.23. The lowest BCUT2D eigenvalue weighted by atomic mass is 10.0. The second kappa shape index (κ2) is 7.77. The Labute approximate surface area is 145 Å². The summed E-state index contributed by atoms with van der Waals surface area (Å²) in [5.41, 5.74) is 1.38. The Bertz CT molecular complexity index is 801. The molecule has 0 aliphatic rings. The van der Waals surface area contributed by atoms with E-state index in [2.05, 4.69) is 10.6 Å². The predicted octanol–water partition coefficient (Wildman–Crippen LogP) is 4.45. The van der Waals surface area contributed by atoms with Gasteiger partial charge in [-0.1, -0.05) is 30.3 Å². The molecule has 0 fully saturated rings. The predicted molar refractivity (Wildman–Crippen MR) is 94.5 cm³/mol. The third-order valence-corrected chi connectivity index (χ3v) is 3.89. The molecule has 2 aromatic carbocycles. The Morgan fingerprint density at radius 2 is 1.72 bits per heavy atom. The van der Waals surface area contributed by atoms with E-state index in [0.29, 0.717) is 5.69 Å². The zero-order valence-corrected chi connectivity index (χ0v) is 13.8. The Morgan fingerprint density at radius 1 is 1.00 bits per heavy atom. The average Bonchev–Trinajstić information content (AvgIpc) is 3.17. The lowest BCUT2D eigenvalue weighted by Gasteiger charge is -2.22. The van der Waals surface area contributed by atoms with Gasteiger partial charge in [-0.25, -0.2) is 4.39 Å². The van der Waals surface area contributed by atoms with Gasteiger partial charge >= 0.3 is 0 Å². The van der Waals surface area contributed by atoms with Gasteiger partial charge in [0.25, 0.3) is 0 Å². The molecule has 25 heavy (non-hydrogen) atoms. The summed E-state index contributed by atoms with van der Waals surface area (Å²) >= 11 is 0. The largest absolute Gasteiger partial charge is 0.468 e. The number of carbonyl (C=O) groups excluding carboxylic acids is 1. The lowest BCUT2D eigenvalue weighted by Crippen LogP contribution is -2.34. The number of rotatable bonds is 6. The molecule has 0 unspecified atom stereocenters. The van der Waals surface area contributed by atoms with Crippen molar-refractivity contribution in [2.45, 2.75) is 19.0 Å². The average molecular weight is 338 g/mol. The van der Waals surface area contributed by atoms with Gasteiger partial charge in [-0.3, -0.25) is 10.1 Å². The first-order chi connectivity index (χ1) is 12.1. The van der Waals surface area contributed by atoms with Gasteiger partial charge in [0.1, 0.15) is 17.6 Å². The van der Waals surface area contributed by atoms with Gasteiger partial charge in [-0.2, -0.15) is 0 Å². The van der Waals surface area contributed by atoms with Crippen molar-refractivity contribution in [2.24, 2.45) is 0 Å². The van der Waals surface area contributed by atoms with Crippen LogP contribution in [0.4, 0.5) is 10.1 Å². The molecule has 5 heteroatoms. The van der Waals surface area contributed by atoms with Crippen molar-refractivity contribution in [3.63, 3.8) is 0 Å². The number of benzene rings is 2. The van der Waals surface area contributed by atoms with Crippen LogP contribution in [0, 0.1) is 5.82 Å². The zero-order valence-electron chi connectivity index (χ0n) is 13.8. The van der Waals surface area contributed by atoms with Gasteiger partial charge in [-0.15, -0.1) is 0 Å². The molecule has 0 aliphatic heterocycles. The van der Waals surface area contributed by atoms with Crippen molar-refractivity contribution in [3.05, 3.63) is 90.1 Å². The van der Waals surface area contributed by atoms with E-state index < -0.39 is 6.04 Å². The van der Waals surface area contributed by atoms with Gasteiger partial charge in [-0.05, 0) is 48.9 Å². The summed E-state index contributed by atoms with van der Waals surface area (Å²) < 4.78 is 18.4. The molecule has 0 radical (unpaired) electrons. The summed E-state index contributed by atoms with van der Waals surface area (Å²) in [5, 5.41) is 6.11. The summed E-state index contributed by atoms with van der Waals surface area (Å²) in [6.45, 7) is 1.93. The summed E-state index contributed by atoms with van der Waals surface area (Å²) in [5.74, 6) is 0.175. The van der Waals surface area contributed by atoms with Crippen molar-refractivity contribution in [1.29, 1.82) is 0 Å². The highest BCUT2D eigenvalue weighted by molar-refractivity contribution is 5.95. The molecule has 0 bridgehead atoms. The standard InChI is InChI=1S/C20H19FN2O2/c1-14(18-8-5-13-25-18)22-19(15-6-3-2-4-7-15)20(24)23-17-11-9-16(21)10-12-17/h2-14,19,22H,1H3,(H,23,24)/t14-,19+/m1/s1. The Morgan fingerprint density at radius 3 is 2.36 bits per heavy atom. The molecule has 2 N–H and O–H groups in total. The smallest absolute Gasteiger partial charge is 0.246 e. The third-order valence-electron chi connectivity index (χ3n) is 3.89. The molecule has 3 aromatic rings. The van der Waals surface area contributed by atoms with E-state index in [1.165, 1.54) is 24.3 Å². The van der Waals surface area contributed by atoms with Crippen LogP contribution in [0.1, 0.15) is 30.3 Å². The van der Waals surface area contributed by atoms with E-state index in [1.807, 2.05) is 49.4 Å². The van der Waals surface area contributed by atoms with Gasteiger partial charge in [0.15, 0.2) is 0 Å². The number of halogens is 1. The van der Waals surface area contributed by atoms with Crippen molar-refractivity contribution >= 4 is 11.6 Å². The number of carbonyl (C=O) groups is 1. The first-order valence-corrected chi connectivity index (χ1v) is 8.04. The van der Waals surface area contributed by atoms with Gasteiger partial charge in [0.2, 0.25) is 5.91 Å². The van der Waals surface area contributed by atoms with Crippen LogP contribution in [0.15, 0.2) is 77.4 Å². The number of hydrogen-bond acceptors (Lipinski definition) is 3. The van der Waals surface area contributed by atoms with E-state index >= 15 is 0 Å². The SMILES string of the molecule is C[C@@H](N[C@H](C(=O)Nc1ccc(F)cc1)c1ccccc1)c1ccco1. The lowest BCUT2D eigenvalue weighted by molar-refractivity contribution is -0.118. The second-order valence-corrected chi connectivity index (χ2v) is 5.74. The normalized spacial score (nSPS) is 13.2. The van der Waals surface area contributed by atoms with Crippen molar-refractivity contribution in [2.75, 3.05) is 5.32 Å². The molecule has 128 valence electrons. The molecule has 0 saturated heterocycles. The van der Waals surface area contributed by atoms with Crippen molar-refractivity contribution < 1.29 is 13.6 Å². The number of nitrogens with one attached hydrogen (secondary N) is 2. The molecular weight excluding hydrogens is 319 g/mol. The molecule has 1 aromatic heterocycles. The van der Waals surface area contributed by atoms with Crippen LogP contribution in [-0.2, 0) is 4.79 Å². The first-order valence-electron chi connectivity index (χ1n) is 8.04. The topological polar surface area (TPSA) is 54.3 Å². The van der Waals surface area contributed by atoms with Gasteiger partial charge in [0.05, 0.1) is 12.3 Å². The maximum Gasteiger partial charge on any atom is 0.246 e.